The van der Waals surface area contributed by atoms with Crippen LogP contribution in [0, 0.1) is 20.8 Å². The number of hydrogen-bond acceptors (Lipinski definition) is 9. The molecule has 1 amide bonds. The van der Waals surface area contributed by atoms with Gasteiger partial charge in [0.2, 0.25) is 10.9 Å². The molecule has 0 saturated carbocycles. The van der Waals surface area contributed by atoms with Gasteiger partial charge >= 0.3 is 0 Å². The molecule has 8 nitrogen and oxygen atoms in total. The molecule has 1 unspecified atom stereocenters. The SMILES string of the molecule is Cc1nnc(N2C(=O)C(O)=C(C(=O)c3sc(C)nc3C)C2c2ccc(OCc3ccccc3)cc2)s1. The Hall–Kier alpha value is -3.89. The van der Waals surface area contributed by atoms with E-state index in [2.05, 4.69) is 15.2 Å². The topological polar surface area (TPSA) is 106 Å². The second-order valence-electron chi connectivity index (χ2n) is 8.26. The van der Waals surface area contributed by atoms with Gasteiger partial charge in [-0.3, -0.25) is 14.5 Å². The molecule has 10 heteroatoms. The molecule has 1 aliphatic heterocycles. The van der Waals surface area contributed by atoms with Crippen LogP contribution in [-0.4, -0.2) is 32.0 Å². The molecule has 0 spiro atoms. The maximum absolute atomic E-state index is 13.6. The molecule has 2 aromatic heterocycles. The van der Waals surface area contributed by atoms with E-state index in [4.69, 9.17) is 4.74 Å². The highest BCUT2D eigenvalue weighted by molar-refractivity contribution is 7.15. The molecule has 0 bridgehead atoms. The molecule has 1 N–H and O–H groups in total. The van der Waals surface area contributed by atoms with Crippen LogP contribution in [0.3, 0.4) is 0 Å². The van der Waals surface area contributed by atoms with Crippen molar-refractivity contribution in [2.75, 3.05) is 4.90 Å². The van der Waals surface area contributed by atoms with E-state index in [1.54, 1.807) is 38.1 Å². The molecule has 0 saturated heterocycles. The molecule has 1 aliphatic rings. The van der Waals surface area contributed by atoms with Crippen molar-refractivity contribution in [3.63, 3.8) is 0 Å². The van der Waals surface area contributed by atoms with Crippen LogP contribution in [-0.2, 0) is 11.4 Å². The third-order valence-electron chi connectivity index (χ3n) is 5.73. The number of aliphatic hydroxyl groups is 1. The van der Waals surface area contributed by atoms with Gasteiger partial charge in [-0.1, -0.05) is 53.8 Å². The van der Waals surface area contributed by atoms with E-state index in [9.17, 15) is 14.7 Å². The maximum Gasteiger partial charge on any atom is 0.296 e. The Labute approximate surface area is 215 Å². The molecule has 4 aromatic rings. The summed E-state index contributed by atoms with van der Waals surface area (Å²) in [6.45, 7) is 5.74. The van der Waals surface area contributed by atoms with Crippen molar-refractivity contribution in [3.05, 3.63) is 97.6 Å². The first-order valence-electron chi connectivity index (χ1n) is 11.2. The second kappa shape index (κ2) is 9.63. The van der Waals surface area contributed by atoms with E-state index in [0.717, 1.165) is 10.6 Å². The maximum atomic E-state index is 13.6. The van der Waals surface area contributed by atoms with Crippen LogP contribution >= 0.6 is 22.7 Å². The highest BCUT2D eigenvalue weighted by Gasteiger charge is 2.46. The fraction of sp³-hybridized carbons (Fsp3) is 0.192. The van der Waals surface area contributed by atoms with Crippen molar-refractivity contribution in [2.24, 2.45) is 0 Å². The lowest BCUT2D eigenvalue weighted by atomic mass is 9.95. The third kappa shape index (κ3) is 4.40. The van der Waals surface area contributed by atoms with Gasteiger partial charge in [0.05, 0.1) is 27.2 Å². The fourth-order valence-electron chi connectivity index (χ4n) is 4.08. The molecular weight excluding hydrogens is 496 g/mol. The number of hydrogen-bond donors (Lipinski definition) is 1. The molecule has 0 aliphatic carbocycles. The van der Waals surface area contributed by atoms with Gasteiger partial charge in [0.25, 0.3) is 5.91 Å². The van der Waals surface area contributed by atoms with Crippen LogP contribution in [0.15, 0.2) is 65.9 Å². The number of Topliss-reactive ketones (excluding diaryl/α,β-unsaturated/α-hetero) is 1. The van der Waals surface area contributed by atoms with Crippen LogP contribution in [0.4, 0.5) is 5.13 Å². The Bertz CT molecular complexity index is 1480. The average molecular weight is 519 g/mol. The predicted molar refractivity (Wildman–Crippen MR) is 138 cm³/mol. The van der Waals surface area contributed by atoms with Gasteiger partial charge in [-0.25, -0.2) is 4.98 Å². The minimum absolute atomic E-state index is 0.00226. The number of amides is 1. The molecule has 182 valence electrons. The number of aryl methyl sites for hydroxylation is 3. The normalized spacial score (nSPS) is 15.6. The summed E-state index contributed by atoms with van der Waals surface area (Å²) in [5.74, 6) is -1.07. The van der Waals surface area contributed by atoms with Gasteiger partial charge in [0, 0.05) is 0 Å². The number of thiazole rings is 1. The van der Waals surface area contributed by atoms with Crippen LogP contribution in [0.25, 0.3) is 0 Å². The fourth-order valence-corrected chi connectivity index (χ4v) is 5.67. The van der Waals surface area contributed by atoms with E-state index in [0.29, 0.717) is 38.6 Å². The zero-order valence-corrected chi connectivity index (χ0v) is 21.4. The summed E-state index contributed by atoms with van der Waals surface area (Å²) in [6.07, 6.45) is 0. The van der Waals surface area contributed by atoms with Gasteiger partial charge in [0.15, 0.2) is 5.76 Å². The van der Waals surface area contributed by atoms with Crippen molar-refractivity contribution in [3.8, 4) is 5.75 Å². The van der Waals surface area contributed by atoms with E-state index < -0.39 is 23.5 Å². The lowest BCUT2D eigenvalue weighted by Gasteiger charge is -2.24. The zero-order valence-electron chi connectivity index (χ0n) is 19.8. The summed E-state index contributed by atoms with van der Waals surface area (Å²) in [5, 5.41) is 20.7. The summed E-state index contributed by atoms with van der Waals surface area (Å²) in [6, 6.07) is 16.1. The largest absolute Gasteiger partial charge is 0.503 e. The van der Waals surface area contributed by atoms with Gasteiger partial charge in [0.1, 0.15) is 17.4 Å². The van der Waals surface area contributed by atoms with E-state index in [1.165, 1.54) is 27.6 Å². The van der Waals surface area contributed by atoms with Gasteiger partial charge in [-0.15, -0.1) is 21.5 Å². The number of carbonyl (C=O) groups is 2. The molecule has 0 fully saturated rings. The average Bonchev–Trinajstić information content (AvgIpc) is 3.53. The summed E-state index contributed by atoms with van der Waals surface area (Å²) >= 11 is 2.45. The minimum Gasteiger partial charge on any atom is -0.503 e. The van der Waals surface area contributed by atoms with Crippen molar-refractivity contribution >= 4 is 39.5 Å². The first-order chi connectivity index (χ1) is 17.3. The number of anilines is 1. The minimum atomic E-state index is -0.873. The van der Waals surface area contributed by atoms with Crippen molar-refractivity contribution < 1.29 is 19.4 Å². The monoisotopic (exact) mass is 518 g/mol. The van der Waals surface area contributed by atoms with Crippen LogP contribution in [0.1, 0.15) is 42.5 Å². The van der Waals surface area contributed by atoms with Crippen LogP contribution in [0.2, 0.25) is 0 Å². The van der Waals surface area contributed by atoms with Crippen molar-refractivity contribution in [2.45, 2.75) is 33.4 Å². The quantitative estimate of drug-likeness (QED) is 0.332. The summed E-state index contributed by atoms with van der Waals surface area (Å²) in [5.41, 5.74) is 2.23. The highest BCUT2D eigenvalue weighted by atomic mass is 32.1. The van der Waals surface area contributed by atoms with E-state index in [1.807, 2.05) is 37.3 Å². The first kappa shape index (κ1) is 23.8. The van der Waals surface area contributed by atoms with Crippen molar-refractivity contribution in [1.29, 1.82) is 0 Å². The Kier molecular flexibility index (Phi) is 6.38. The Morgan fingerprint density at radius 1 is 1.00 bits per heavy atom. The third-order valence-corrected chi connectivity index (χ3v) is 7.64. The summed E-state index contributed by atoms with van der Waals surface area (Å²) < 4.78 is 5.89. The van der Waals surface area contributed by atoms with Gasteiger partial charge < -0.3 is 9.84 Å². The number of ether oxygens (including phenoxy) is 1. The molecule has 3 heterocycles. The number of aromatic nitrogens is 3. The van der Waals surface area contributed by atoms with Crippen molar-refractivity contribution in [1.82, 2.24) is 15.2 Å². The number of carbonyl (C=O) groups excluding carboxylic acids is 2. The molecule has 5 rings (SSSR count). The van der Waals surface area contributed by atoms with Gasteiger partial charge in [-0.2, -0.15) is 0 Å². The smallest absolute Gasteiger partial charge is 0.296 e. The molecule has 1 atom stereocenters. The first-order valence-corrected chi connectivity index (χ1v) is 12.8. The van der Waals surface area contributed by atoms with E-state index >= 15 is 0 Å². The molecule has 36 heavy (non-hydrogen) atoms. The molecule has 0 radical (unpaired) electrons. The molecule has 2 aromatic carbocycles. The number of benzene rings is 2. The molecular formula is C26H22N4O4S2. The van der Waals surface area contributed by atoms with Crippen LogP contribution in [0.5, 0.6) is 5.75 Å². The number of nitrogens with zero attached hydrogens (tertiary/aromatic N) is 4. The number of aliphatic hydroxyl groups excluding tert-OH is 1. The summed E-state index contributed by atoms with van der Waals surface area (Å²) in [4.78, 5) is 32.9. The summed E-state index contributed by atoms with van der Waals surface area (Å²) in [7, 11) is 0. The number of ketones is 1. The zero-order chi connectivity index (χ0) is 25.4. The Morgan fingerprint density at radius 3 is 2.33 bits per heavy atom. The second-order valence-corrected chi connectivity index (χ2v) is 10.6. The lowest BCUT2D eigenvalue weighted by molar-refractivity contribution is -0.117. The van der Waals surface area contributed by atoms with Crippen LogP contribution < -0.4 is 9.64 Å². The standard InChI is InChI=1S/C26H22N4O4S2/c1-14-24(35-15(2)27-14)22(31)20-21(30(25(33)23(20)32)26-29-28-16(3)36-26)18-9-11-19(12-10-18)34-13-17-7-5-4-6-8-17/h4-12,21,32H,13H2,1-3H3. The van der Waals surface area contributed by atoms with Gasteiger partial charge in [-0.05, 0) is 44.0 Å². The number of rotatable bonds is 7. The van der Waals surface area contributed by atoms with E-state index in [-0.39, 0.29) is 5.57 Å². The Morgan fingerprint density at radius 2 is 1.72 bits per heavy atom. The Balaban J connectivity index is 1.52. The lowest BCUT2D eigenvalue weighted by Crippen LogP contribution is -2.31. The predicted octanol–water partition coefficient (Wildman–Crippen LogP) is 5.28. The highest BCUT2D eigenvalue weighted by Crippen LogP contribution is 2.43.